The van der Waals surface area contributed by atoms with Crippen LogP contribution in [0.5, 0.6) is 11.5 Å². The van der Waals surface area contributed by atoms with Crippen molar-refractivity contribution < 1.29 is 17.9 Å². The lowest BCUT2D eigenvalue weighted by molar-refractivity contribution is 0.346. The molecule has 6 nitrogen and oxygen atoms in total. The van der Waals surface area contributed by atoms with Gasteiger partial charge in [0.15, 0.2) is 11.5 Å². The van der Waals surface area contributed by atoms with Crippen LogP contribution < -0.4 is 9.47 Å². The Morgan fingerprint density at radius 1 is 0.967 bits per heavy atom. The van der Waals surface area contributed by atoms with E-state index in [1.54, 1.807) is 36.7 Å². The monoisotopic (exact) mass is 444 g/mol. The van der Waals surface area contributed by atoms with E-state index in [1.807, 2.05) is 30.4 Å². The molecule has 0 amide bonds. The van der Waals surface area contributed by atoms with Crippen molar-refractivity contribution in [2.24, 2.45) is 0 Å². The molecule has 0 saturated carbocycles. The van der Waals surface area contributed by atoms with Gasteiger partial charge in [0.05, 0.1) is 29.3 Å². The first kappa shape index (κ1) is 20.8. The van der Waals surface area contributed by atoms with Gasteiger partial charge >= 0.3 is 0 Å². The van der Waals surface area contributed by atoms with Crippen molar-refractivity contribution in [3.63, 3.8) is 0 Å². The van der Waals surface area contributed by atoms with E-state index >= 15 is 0 Å². The quantitative estimate of drug-likeness (QED) is 0.553. The molecule has 1 aromatic heterocycles. The third-order valence-corrected chi connectivity index (χ3v) is 8.03. The number of benzene rings is 2. The second-order valence-electron chi connectivity index (χ2n) is 7.09. The Hall–Kier alpha value is -2.42. The molecule has 0 spiro atoms. The summed E-state index contributed by atoms with van der Waals surface area (Å²) < 4.78 is 38.9. The van der Waals surface area contributed by atoms with E-state index in [4.69, 9.17) is 9.47 Å². The van der Waals surface area contributed by atoms with E-state index in [0.29, 0.717) is 29.5 Å². The molecule has 2 heterocycles. The number of rotatable bonds is 6. The van der Waals surface area contributed by atoms with Crippen molar-refractivity contribution in [2.75, 3.05) is 27.3 Å². The molecule has 1 saturated heterocycles. The standard InChI is InChI=1S/C22H24N2O4S2/c1-27-19-10-6-16(14-20(19)28-2)7-11-22-23-18-9-8-17(15-21(18)29-22)30(25,26)24-12-4-3-5-13-24/h6-11,14-15H,3-5,12-13H2,1-2H3/b11-7+. The van der Waals surface area contributed by atoms with Gasteiger partial charge in [-0.3, -0.25) is 0 Å². The SMILES string of the molecule is COc1ccc(/C=C/c2nc3ccc(S(=O)(=O)N4CCCCC4)cc3s2)cc1OC. The van der Waals surface area contributed by atoms with E-state index < -0.39 is 10.0 Å². The van der Waals surface area contributed by atoms with Gasteiger partial charge < -0.3 is 9.47 Å². The Morgan fingerprint density at radius 3 is 2.47 bits per heavy atom. The number of aromatic nitrogens is 1. The Kier molecular flexibility index (Phi) is 6.08. The van der Waals surface area contributed by atoms with Gasteiger partial charge in [-0.25, -0.2) is 13.4 Å². The zero-order valence-corrected chi connectivity index (χ0v) is 18.6. The van der Waals surface area contributed by atoms with E-state index in [1.165, 1.54) is 11.3 Å². The van der Waals surface area contributed by atoms with Crippen LogP contribution in [0.1, 0.15) is 29.8 Å². The van der Waals surface area contributed by atoms with Crippen molar-refractivity contribution in [2.45, 2.75) is 24.2 Å². The van der Waals surface area contributed by atoms with E-state index in [-0.39, 0.29) is 0 Å². The lowest BCUT2D eigenvalue weighted by Crippen LogP contribution is -2.35. The van der Waals surface area contributed by atoms with Crippen molar-refractivity contribution in [1.29, 1.82) is 0 Å². The van der Waals surface area contributed by atoms with Crippen LogP contribution in [0, 0.1) is 0 Å². The summed E-state index contributed by atoms with van der Waals surface area (Å²) >= 11 is 1.47. The molecule has 0 aliphatic carbocycles. The Morgan fingerprint density at radius 2 is 1.73 bits per heavy atom. The van der Waals surface area contributed by atoms with Crippen LogP contribution in [0.3, 0.4) is 0 Å². The normalized spacial score (nSPS) is 15.7. The van der Waals surface area contributed by atoms with Gasteiger partial charge in [0.1, 0.15) is 5.01 Å². The molecule has 30 heavy (non-hydrogen) atoms. The summed E-state index contributed by atoms with van der Waals surface area (Å²) in [5.74, 6) is 1.34. The maximum absolute atomic E-state index is 12.9. The minimum Gasteiger partial charge on any atom is -0.493 e. The number of nitrogens with zero attached hydrogens (tertiary/aromatic N) is 2. The zero-order valence-electron chi connectivity index (χ0n) is 17.0. The fraction of sp³-hybridized carbons (Fsp3) is 0.318. The van der Waals surface area contributed by atoms with Gasteiger partial charge in [0.2, 0.25) is 10.0 Å². The highest BCUT2D eigenvalue weighted by Crippen LogP contribution is 2.30. The average Bonchev–Trinajstić information content (AvgIpc) is 3.20. The Labute approximate surface area is 180 Å². The number of ether oxygens (including phenoxy) is 2. The minimum absolute atomic E-state index is 0.343. The van der Waals surface area contributed by atoms with Crippen LogP contribution >= 0.6 is 11.3 Å². The summed E-state index contributed by atoms with van der Waals surface area (Å²) in [6.45, 7) is 1.20. The van der Waals surface area contributed by atoms with Crippen molar-refractivity contribution >= 4 is 43.7 Å². The largest absolute Gasteiger partial charge is 0.493 e. The molecule has 3 aromatic rings. The highest BCUT2D eigenvalue weighted by Gasteiger charge is 2.26. The summed E-state index contributed by atoms with van der Waals surface area (Å²) in [5.41, 5.74) is 1.75. The van der Waals surface area contributed by atoms with Gasteiger partial charge in [0.25, 0.3) is 0 Å². The molecule has 0 atom stereocenters. The van der Waals surface area contributed by atoms with Gasteiger partial charge in [-0.1, -0.05) is 18.6 Å². The minimum atomic E-state index is -3.45. The molecule has 8 heteroatoms. The number of piperidine rings is 1. The van der Waals surface area contributed by atoms with Gasteiger partial charge in [-0.05, 0) is 54.8 Å². The third-order valence-electron chi connectivity index (χ3n) is 5.16. The highest BCUT2D eigenvalue weighted by atomic mass is 32.2. The van der Waals surface area contributed by atoms with E-state index in [0.717, 1.165) is 40.1 Å². The number of hydrogen-bond donors (Lipinski definition) is 0. The molecule has 0 N–H and O–H groups in total. The predicted molar refractivity (Wildman–Crippen MR) is 121 cm³/mol. The second kappa shape index (κ2) is 8.75. The molecule has 4 rings (SSSR count). The molecular weight excluding hydrogens is 420 g/mol. The van der Waals surface area contributed by atoms with Crippen molar-refractivity contribution in [1.82, 2.24) is 9.29 Å². The molecule has 1 aliphatic rings. The predicted octanol–water partition coefficient (Wildman–Crippen LogP) is 4.66. The Bertz CT molecular complexity index is 1180. The van der Waals surface area contributed by atoms with Gasteiger partial charge in [-0.2, -0.15) is 4.31 Å². The maximum Gasteiger partial charge on any atom is 0.243 e. The fourth-order valence-electron chi connectivity index (χ4n) is 3.53. The zero-order chi connectivity index (χ0) is 21.1. The molecule has 0 radical (unpaired) electrons. The first-order valence-corrected chi connectivity index (χ1v) is 12.1. The lowest BCUT2D eigenvalue weighted by atomic mass is 10.2. The number of thiazole rings is 1. The first-order chi connectivity index (χ1) is 14.5. The number of methoxy groups -OCH3 is 2. The molecule has 1 fully saturated rings. The lowest BCUT2D eigenvalue weighted by Gasteiger charge is -2.25. The Balaban J connectivity index is 1.59. The van der Waals surface area contributed by atoms with Crippen molar-refractivity contribution in [3.8, 4) is 11.5 Å². The van der Waals surface area contributed by atoms with Crippen LogP contribution in [0.4, 0.5) is 0 Å². The summed E-state index contributed by atoms with van der Waals surface area (Å²) in [4.78, 5) is 4.95. The molecule has 1 aliphatic heterocycles. The fourth-order valence-corrected chi connectivity index (χ4v) is 6.06. The van der Waals surface area contributed by atoms with Crippen LogP contribution in [0.15, 0.2) is 41.3 Å². The average molecular weight is 445 g/mol. The van der Waals surface area contributed by atoms with Crippen LogP contribution in [0.2, 0.25) is 0 Å². The second-order valence-corrected chi connectivity index (χ2v) is 10.1. The number of sulfonamides is 1. The van der Waals surface area contributed by atoms with E-state index in [9.17, 15) is 8.42 Å². The third kappa shape index (κ3) is 4.21. The summed E-state index contributed by atoms with van der Waals surface area (Å²) in [5, 5.41) is 0.812. The van der Waals surface area contributed by atoms with Crippen LogP contribution in [-0.4, -0.2) is 45.0 Å². The molecular formula is C22H24N2O4S2. The van der Waals surface area contributed by atoms with Gasteiger partial charge in [-0.15, -0.1) is 11.3 Å². The maximum atomic E-state index is 12.9. The smallest absolute Gasteiger partial charge is 0.243 e. The topological polar surface area (TPSA) is 68.7 Å². The van der Waals surface area contributed by atoms with Gasteiger partial charge in [0, 0.05) is 13.1 Å². The molecule has 0 unspecified atom stereocenters. The van der Waals surface area contributed by atoms with Crippen LogP contribution in [0.25, 0.3) is 22.4 Å². The summed E-state index contributed by atoms with van der Waals surface area (Å²) in [7, 11) is -0.234. The first-order valence-electron chi connectivity index (χ1n) is 9.82. The van der Waals surface area contributed by atoms with Crippen LogP contribution in [-0.2, 0) is 10.0 Å². The molecule has 2 aromatic carbocycles. The number of hydrogen-bond acceptors (Lipinski definition) is 6. The highest BCUT2D eigenvalue weighted by molar-refractivity contribution is 7.89. The van der Waals surface area contributed by atoms with Crippen molar-refractivity contribution in [3.05, 3.63) is 47.0 Å². The summed E-state index contributed by atoms with van der Waals surface area (Å²) in [6.07, 6.45) is 6.81. The number of fused-ring (bicyclic) bond motifs is 1. The molecule has 158 valence electrons. The molecule has 0 bridgehead atoms. The van der Waals surface area contributed by atoms with E-state index in [2.05, 4.69) is 4.98 Å². The summed E-state index contributed by atoms with van der Waals surface area (Å²) in [6, 6.07) is 10.9.